The molecule has 198 valence electrons. The lowest BCUT2D eigenvalue weighted by Crippen LogP contribution is -2.54. The maximum Gasteiger partial charge on any atom is 0.470 e. The van der Waals surface area contributed by atoms with Crippen LogP contribution in [0.15, 0.2) is 84.0 Å². The van der Waals surface area contributed by atoms with E-state index in [-0.39, 0.29) is 17.6 Å². The van der Waals surface area contributed by atoms with Gasteiger partial charge in [0.2, 0.25) is 0 Å². The molecule has 0 saturated heterocycles. The molecule has 6 heteroatoms. The van der Waals surface area contributed by atoms with Crippen LogP contribution in [0.2, 0.25) is 0 Å². The molecule has 0 fully saturated rings. The molecule has 1 aromatic rings. The molecule has 6 unspecified atom stereocenters. The Morgan fingerprint density at radius 1 is 0.946 bits per heavy atom. The fourth-order valence-corrected chi connectivity index (χ4v) is 7.11. The van der Waals surface area contributed by atoms with Gasteiger partial charge in [-0.3, -0.25) is 4.52 Å². The van der Waals surface area contributed by atoms with Crippen molar-refractivity contribution in [1.29, 1.82) is 0 Å². The minimum absolute atomic E-state index is 0.0600. The lowest BCUT2D eigenvalue weighted by Gasteiger charge is -2.57. The topological polar surface area (TPSA) is 87.0 Å². The quantitative estimate of drug-likeness (QED) is 0.350. The van der Waals surface area contributed by atoms with Crippen molar-refractivity contribution in [3.8, 4) is 5.75 Å². The fourth-order valence-electron chi connectivity index (χ4n) is 6.51. The zero-order valence-electron chi connectivity index (χ0n) is 22.8. The number of aromatic hydroxyl groups is 1. The average molecular weight is 523 g/mol. The number of phenols is 1. The summed E-state index contributed by atoms with van der Waals surface area (Å²) in [6.07, 6.45) is 17.7. The zero-order valence-corrected chi connectivity index (χ0v) is 23.7. The van der Waals surface area contributed by atoms with E-state index in [0.717, 1.165) is 27.8 Å². The SMILES string of the molecule is CC1=CC=C(C2(C)C=CC=C(c3cccc(O)c3C)C2C)C(OP(=O)(O)O)C1(C)C1(C)C=CC=CC1C. The molecule has 1 aromatic carbocycles. The van der Waals surface area contributed by atoms with E-state index in [1.54, 1.807) is 6.07 Å². The predicted octanol–water partition coefficient (Wildman–Crippen LogP) is 7.44. The largest absolute Gasteiger partial charge is 0.508 e. The van der Waals surface area contributed by atoms with E-state index in [9.17, 15) is 19.5 Å². The van der Waals surface area contributed by atoms with Gasteiger partial charge in [-0.05, 0) is 54.0 Å². The Morgan fingerprint density at radius 2 is 1.65 bits per heavy atom. The van der Waals surface area contributed by atoms with Crippen LogP contribution in [0.4, 0.5) is 0 Å². The Labute approximate surface area is 220 Å². The fraction of sp³-hybridized carbons (Fsp3) is 0.419. The highest BCUT2D eigenvalue weighted by atomic mass is 31.2. The Balaban J connectivity index is 1.89. The Bertz CT molecular complexity index is 1320. The normalized spacial score (nSPS) is 35.7. The minimum Gasteiger partial charge on any atom is -0.508 e. The van der Waals surface area contributed by atoms with Crippen LogP contribution in [0.25, 0.3) is 5.57 Å². The first kappa shape index (κ1) is 27.6. The highest BCUT2D eigenvalue weighted by Gasteiger charge is 2.58. The first-order valence-electron chi connectivity index (χ1n) is 12.8. The van der Waals surface area contributed by atoms with Gasteiger partial charge in [-0.2, -0.15) is 0 Å². The lowest BCUT2D eigenvalue weighted by molar-refractivity contribution is -0.0143. The van der Waals surface area contributed by atoms with E-state index in [4.69, 9.17) is 4.52 Å². The van der Waals surface area contributed by atoms with Gasteiger partial charge in [0, 0.05) is 16.2 Å². The molecular weight excluding hydrogens is 483 g/mol. The molecule has 3 N–H and O–H groups in total. The summed E-state index contributed by atoms with van der Waals surface area (Å²) >= 11 is 0. The molecule has 0 amide bonds. The first-order chi connectivity index (χ1) is 17.2. The van der Waals surface area contributed by atoms with Gasteiger partial charge in [0.05, 0.1) is 0 Å². The summed E-state index contributed by atoms with van der Waals surface area (Å²) < 4.78 is 18.3. The minimum atomic E-state index is -4.85. The molecule has 37 heavy (non-hydrogen) atoms. The molecule has 0 bridgehead atoms. The van der Waals surface area contributed by atoms with Crippen LogP contribution in [0.5, 0.6) is 5.75 Å². The summed E-state index contributed by atoms with van der Waals surface area (Å²) in [4.78, 5) is 20.3. The van der Waals surface area contributed by atoms with E-state index in [2.05, 4.69) is 65.0 Å². The molecule has 5 nitrogen and oxygen atoms in total. The number of phosphoric acid groups is 1. The Kier molecular flexibility index (Phi) is 7.01. The summed E-state index contributed by atoms with van der Waals surface area (Å²) in [6.45, 7) is 14.5. The second-order valence-electron chi connectivity index (χ2n) is 11.4. The van der Waals surface area contributed by atoms with Crippen LogP contribution in [0.3, 0.4) is 0 Å². The van der Waals surface area contributed by atoms with Crippen molar-refractivity contribution in [1.82, 2.24) is 0 Å². The molecule has 0 heterocycles. The van der Waals surface area contributed by atoms with Crippen molar-refractivity contribution in [2.75, 3.05) is 0 Å². The molecule has 0 saturated carbocycles. The number of allylic oxidation sites excluding steroid dienone is 10. The first-order valence-corrected chi connectivity index (χ1v) is 14.4. The van der Waals surface area contributed by atoms with E-state index in [0.29, 0.717) is 0 Å². The van der Waals surface area contributed by atoms with Crippen molar-refractivity contribution in [3.63, 3.8) is 0 Å². The van der Waals surface area contributed by atoms with Crippen LogP contribution in [-0.2, 0) is 9.09 Å². The van der Waals surface area contributed by atoms with Crippen molar-refractivity contribution in [3.05, 3.63) is 95.2 Å². The number of phenolic OH excluding ortho intramolecular Hbond substituents is 1. The number of hydrogen-bond donors (Lipinski definition) is 3. The summed E-state index contributed by atoms with van der Waals surface area (Å²) in [5, 5.41) is 10.4. The summed E-state index contributed by atoms with van der Waals surface area (Å²) in [6, 6.07) is 5.53. The lowest BCUT2D eigenvalue weighted by atomic mass is 9.49. The number of hydrogen-bond acceptors (Lipinski definition) is 3. The third kappa shape index (κ3) is 4.36. The van der Waals surface area contributed by atoms with Crippen molar-refractivity contribution < 1.29 is 24.0 Å². The van der Waals surface area contributed by atoms with Gasteiger partial charge in [-0.15, -0.1) is 0 Å². The predicted molar refractivity (Wildman–Crippen MR) is 150 cm³/mol. The summed E-state index contributed by atoms with van der Waals surface area (Å²) in [5.41, 5.74) is 2.86. The standard InChI is InChI=1S/C31H39O5P/c1-20-12-8-9-19-30(20,6)31(7)21(2)16-17-26(28(31)36-37(33,34)35)29(5)18-11-14-25(23(29)4)24-13-10-15-27(32)22(24)3/h8-20,23,28,32H,1-7H3,(H2,33,34,35). The molecule has 4 rings (SSSR count). The van der Waals surface area contributed by atoms with Crippen LogP contribution in [0, 0.1) is 35.0 Å². The van der Waals surface area contributed by atoms with Gasteiger partial charge in [0.25, 0.3) is 0 Å². The molecule has 0 radical (unpaired) electrons. The van der Waals surface area contributed by atoms with Crippen molar-refractivity contribution >= 4 is 13.4 Å². The summed E-state index contributed by atoms with van der Waals surface area (Å²) in [5.74, 6) is 0.299. The molecular formula is C31H39O5P. The third-order valence-corrected chi connectivity index (χ3v) is 10.2. The third-order valence-electron chi connectivity index (χ3n) is 9.72. The van der Waals surface area contributed by atoms with Crippen LogP contribution >= 0.6 is 7.82 Å². The molecule has 0 aliphatic heterocycles. The monoisotopic (exact) mass is 522 g/mol. The van der Waals surface area contributed by atoms with Crippen LogP contribution in [0.1, 0.15) is 52.7 Å². The van der Waals surface area contributed by atoms with E-state index >= 15 is 0 Å². The van der Waals surface area contributed by atoms with Crippen molar-refractivity contribution in [2.24, 2.45) is 28.1 Å². The van der Waals surface area contributed by atoms with E-state index < -0.39 is 30.2 Å². The second-order valence-corrected chi connectivity index (χ2v) is 12.6. The van der Waals surface area contributed by atoms with Crippen molar-refractivity contribution in [2.45, 2.75) is 54.6 Å². The van der Waals surface area contributed by atoms with Gasteiger partial charge in [0.15, 0.2) is 0 Å². The zero-order chi connectivity index (χ0) is 27.4. The molecule has 3 aliphatic carbocycles. The molecule has 3 aliphatic rings. The smallest absolute Gasteiger partial charge is 0.470 e. The summed E-state index contributed by atoms with van der Waals surface area (Å²) in [7, 11) is -4.85. The number of benzene rings is 1. The van der Waals surface area contributed by atoms with E-state index in [1.165, 1.54) is 0 Å². The van der Waals surface area contributed by atoms with Gasteiger partial charge in [-0.1, -0.05) is 107 Å². The van der Waals surface area contributed by atoms with Crippen LogP contribution < -0.4 is 0 Å². The van der Waals surface area contributed by atoms with Gasteiger partial charge >= 0.3 is 7.82 Å². The highest BCUT2D eigenvalue weighted by Crippen LogP contribution is 2.63. The van der Waals surface area contributed by atoms with E-state index in [1.807, 2.05) is 50.3 Å². The average Bonchev–Trinajstić information content (AvgIpc) is 2.82. The molecule has 6 atom stereocenters. The van der Waals surface area contributed by atoms with Crippen LogP contribution in [-0.4, -0.2) is 21.0 Å². The maximum absolute atomic E-state index is 12.5. The van der Waals surface area contributed by atoms with Gasteiger partial charge in [0.1, 0.15) is 11.9 Å². The second kappa shape index (κ2) is 9.39. The molecule has 0 aromatic heterocycles. The van der Waals surface area contributed by atoms with Gasteiger partial charge in [-0.25, -0.2) is 4.57 Å². The molecule has 0 spiro atoms. The number of phosphoric ester groups is 1. The van der Waals surface area contributed by atoms with Gasteiger partial charge < -0.3 is 14.9 Å². The number of rotatable bonds is 5. The Hall–Kier alpha value is -2.43. The maximum atomic E-state index is 12.5. The highest BCUT2D eigenvalue weighted by molar-refractivity contribution is 7.46. The Morgan fingerprint density at radius 3 is 2.30 bits per heavy atom.